The fourth-order valence-electron chi connectivity index (χ4n) is 0.384. The summed E-state index contributed by atoms with van der Waals surface area (Å²) in [6.07, 6.45) is 3.25. The second kappa shape index (κ2) is 5.81. The van der Waals surface area contributed by atoms with Crippen LogP contribution in [-0.4, -0.2) is 10.0 Å². The van der Waals surface area contributed by atoms with Crippen LogP contribution < -0.4 is 4.98 Å². The van der Waals surface area contributed by atoms with E-state index in [4.69, 9.17) is 5.11 Å². The molecule has 0 aliphatic carbocycles. The van der Waals surface area contributed by atoms with E-state index in [1.807, 2.05) is 4.93 Å². The molecule has 0 fully saturated rings. The van der Waals surface area contributed by atoms with Gasteiger partial charge in [-0.05, 0) is 11.0 Å². The number of rotatable bonds is 0. The molecule has 0 bridgehead atoms. The van der Waals surface area contributed by atoms with Crippen molar-refractivity contribution in [3.8, 4) is 5.75 Å². The average Bonchev–Trinajstić information content (AvgIpc) is 1.94. The highest BCUT2D eigenvalue weighted by Gasteiger charge is 1.82. The van der Waals surface area contributed by atoms with Crippen LogP contribution in [0.4, 0.5) is 0 Å². The number of aromatic amines is 1. The second-order valence-electron chi connectivity index (χ2n) is 1.26. The number of alkyl halides is 1. The molecule has 0 unspecified atom stereocenters. The first kappa shape index (κ1) is 8.68. The summed E-state index contributed by atoms with van der Waals surface area (Å²) < 4.78 is 0. The zero-order valence-electron chi connectivity index (χ0n) is 5.13. The Morgan fingerprint density at radius 1 is 1.56 bits per heavy atom. The smallest absolute Gasteiger partial charge is 0.209 e. The number of nitrogens with one attached hydrogen (secondary N) is 1. The van der Waals surface area contributed by atoms with E-state index in [9.17, 15) is 0 Å². The van der Waals surface area contributed by atoms with Crippen LogP contribution in [0.25, 0.3) is 0 Å². The number of aromatic hydroxyl groups is 1. The predicted molar refractivity (Wildman–Crippen MR) is 44.6 cm³/mol. The number of pyridine rings is 1. The van der Waals surface area contributed by atoms with Gasteiger partial charge in [-0.25, -0.2) is 4.98 Å². The number of hydrogen-bond donors (Lipinski definition) is 1. The maximum absolute atomic E-state index is 8.60. The number of H-pyrrole nitrogens is 1. The molecule has 0 aliphatic rings. The van der Waals surface area contributed by atoms with E-state index in [-0.39, 0.29) is 5.75 Å². The molecule has 0 atom stereocenters. The van der Waals surface area contributed by atoms with Crippen molar-refractivity contribution < 1.29 is 10.1 Å². The fourth-order valence-corrected chi connectivity index (χ4v) is 0.384. The van der Waals surface area contributed by atoms with Gasteiger partial charge in [0.2, 0.25) is 6.20 Å². The number of hydrogen-bond acceptors (Lipinski definition) is 1. The molecule has 9 heavy (non-hydrogen) atoms. The highest BCUT2D eigenvalue weighted by molar-refractivity contribution is 14.1. The third-order valence-electron chi connectivity index (χ3n) is 0.691. The molecular weight excluding hydrogens is 229 g/mol. The molecule has 3 heteroatoms. The summed E-state index contributed by atoms with van der Waals surface area (Å²) in [5, 5.41) is 8.60. The Morgan fingerprint density at radius 3 is 2.44 bits per heavy atom. The first-order valence-corrected chi connectivity index (χ1v) is 4.58. The fraction of sp³-hybridized carbons (Fsp3) is 0.167. The third-order valence-corrected chi connectivity index (χ3v) is 0.691. The lowest BCUT2D eigenvalue weighted by Gasteiger charge is -1.76. The Hall–Kier alpha value is -0.320. The minimum Gasteiger partial charge on any atom is -0.503 e. The third kappa shape index (κ3) is 4.20. The molecule has 0 aliphatic heterocycles. The van der Waals surface area contributed by atoms with Gasteiger partial charge in [-0.2, -0.15) is 0 Å². The van der Waals surface area contributed by atoms with E-state index in [0.717, 1.165) is 0 Å². The standard InChI is InChI=1S/C5H5NO.CH3I/c7-5-2-1-3-6-4-5;1-2/h1-4,7H;1H3/p+1. The maximum atomic E-state index is 8.60. The summed E-state index contributed by atoms with van der Waals surface area (Å²) in [5.74, 6) is 0.266. The van der Waals surface area contributed by atoms with E-state index in [1.165, 1.54) is 6.20 Å². The molecule has 0 aromatic carbocycles. The van der Waals surface area contributed by atoms with Crippen LogP contribution in [0, 0.1) is 0 Å². The molecule has 1 aromatic rings. The van der Waals surface area contributed by atoms with Crippen LogP contribution >= 0.6 is 22.6 Å². The van der Waals surface area contributed by atoms with Crippen molar-refractivity contribution in [1.82, 2.24) is 0 Å². The van der Waals surface area contributed by atoms with Gasteiger partial charge in [-0.15, -0.1) is 0 Å². The molecule has 0 spiro atoms. The van der Waals surface area contributed by atoms with E-state index in [2.05, 4.69) is 27.6 Å². The zero-order chi connectivity index (χ0) is 7.11. The van der Waals surface area contributed by atoms with Crippen molar-refractivity contribution in [3.63, 3.8) is 0 Å². The molecule has 0 saturated carbocycles. The lowest BCUT2D eigenvalue weighted by Crippen LogP contribution is -1.95. The molecule has 0 radical (unpaired) electrons. The van der Waals surface area contributed by atoms with Gasteiger partial charge in [-0.3, -0.25) is 0 Å². The lowest BCUT2D eigenvalue weighted by atomic mass is 10.5. The van der Waals surface area contributed by atoms with Crippen LogP contribution in [0.3, 0.4) is 0 Å². The summed E-state index contributed by atoms with van der Waals surface area (Å²) in [5.41, 5.74) is 0. The predicted octanol–water partition coefficient (Wildman–Crippen LogP) is 1.26. The van der Waals surface area contributed by atoms with Gasteiger partial charge in [0.05, 0.1) is 0 Å². The van der Waals surface area contributed by atoms with Crippen molar-refractivity contribution in [2.24, 2.45) is 0 Å². The number of aromatic nitrogens is 1. The molecule has 1 heterocycles. The first-order valence-electron chi connectivity index (χ1n) is 2.42. The molecule has 1 rings (SSSR count). The minimum absolute atomic E-state index is 0.266. The normalized spacial score (nSPS) is 7.33. The van der Waals surface area contributed by atoms with Crippen molar-refractivity contribution in [3.05, 3.63) is 24.5 Å². The van der Waals surface area contributed by atoms with Gasteiger partial charge in [0.1, 0.15) is 0 Å². The van der Waals surface area contributed by atoms with E-state index in [0.29, 0.717) is 0 Å². The summed E-state index contributed by atoms with van der Waals surface area (Å²) in [6, 6.07) is 3.34. The average molecular weight is 238 g/mol. The topological polar surface area (TPSA) is 34.4 Å². The van der Waals surface area contributed by atoms with E-state index in [1.54, 1.807) is 18.3 Å². The van der Waals surface area contributed by atoms with E-state index < -0.39 is 0 Å². The highest BCUT2D eigenvalue weighted by atomic mass is 127. The van der Waals surface area contributed by atoms with Crippen LogP contribution in [0.2, 0.25) is 0 Å². The van der Waals surface area contributed by atoms with Crippen molar-refractivity contribution in [1.29, 1.82) is 0 Å². The highest BCUT2D eigenvalue weighted by Crippen LogP contribution is 1.97. The Labute approximate surface area is 68.1 Å². The molecule has 2 nitrogen and oxygen atoms in total. The van der Waals surface area contributed by atoms with Gasteiger partial charge in [0, 0.05) is 6.07 Å². The Balaban J connectivity index is 0.000000291. The largest absolute Gasteiger partial charge is 0.503 e. The van der Waals surface area contributed by atoms with Gasteiger partial charge in [-0.1, -0.05) is 22.6 Å². The van der Waals surface area contributed by atoms with Gasteiger partial charge in [0.25, 0.3) is 0 Å². The molecule has 1 aromatic heterocycles. The van der Waals surface area contributed by atoms with Crippen molar-refractivity contribution in [2.75, 3.05) is 4.93 Å². The monoisotopic (exact) mass is 238 g/mol. The zero-order valence-corrected chi connectivity index (χ0v) is 7.29. The van der Waals surface area contributed by atoms with E-state index >= 15 is 0 Å². The summed E-state index contributed by atoms with van der Waals surface area (Å²) >= 11 is 2.15. The summed E-state index contributed by atoms with van der Waals surface area (Å²) in [7, 11) is 0. The van der Waals surface area contributed by atoms with Crippen LogP contribution in [0.1, 0.15) is 0 Å². The molecule has 50 valence electrons. The second-order valence-corrected chi connectivity index (χ2v) is 1.26. The van der Waals surface area contributed by atoms with Crippen LogP contribution in [0.5, 0.6) is 5.75 Å². The minimum atomic E-state index is 0.266. The van der Waals surface area contributed by atoms with Gasteiger partial charge < -0.3 is 5.11 Å². The van der Waals surface area contributed by atoms with Gasteiger partial charge >= 0.3 is 0 Å². The SMILES string of the molecule is CI.Oc1ccc[nH+]c1. The maximum Gasteiger partial charge on any atom is 0.209 e. The Kier molecular flexibility index (Phi) is 5.60. The molecule has 0 saturated heterocycles. The quantitative estimate of drug-likeness (QED) is 0.535. The summed E-state index contributed by atoms with van der Waals surface area (Å²) in [6.45, 7) is 0. The summed E-state index contributed by atoms with van der Waals surface area (Å²) in [4.78, 5) is 4.68. The van der Waals surface area contributed by atoms with Crippen molar-refractivity contribution >= 4 is 22.6 Å². The van der Waals surface area contributed by atoms with Crippen LogP contribution in [-0.2, 0) is 0 Å². The van der Waals surface area contributed by atoms with Crippen LogP contribution in [0.15, 0.2) is 24.5 Å². The Bertz CT molecular complexity index is 143. The Morgan fingerprint density at radius 2 is 2.22 bits per heavy atom. The lowest BCUT2D eigenvalue weighted by molar-refractivity contribution is -0.379. The molecule has 0 amide bonds. The number of halogens is 1. The molecule has 2 N–H and O–H groups in total. The van der Waals surface area contributed by atoms with Crippen molar-refractivity contribution in [2.45, 2.75) is 0 Å². The first-order chi connectivity index (χ1) is 4.39. The molecular formula is C6H9INO+. The van der Waals surface area contributed by atoms with Gasteiger partial charge in [0.15, 0.2) is 11.9 Å².